The van der Waals surface area contributed by atoms with Crippen LogP contribution in [0.3, 0.4) is 0 Å². The average Bonchev–Trinajstić information content (AvgIpc) is 2.30. The molecule has 16 heavy (non-hydrogen) atoms. The number of aromatic nitrogens is 1. The molecule has 0 aliphatic carbocycles. The molecule has 86 valence electrons. The number of nitrogens with zero attached hydrogens (tertiary/aromatic N) is 2. The van der Waals surface area contributed by atoms with Crippen LogP contribution in [0.1, 0.15) is 18.4 Å². The summed E-state index contributed by atoms with van der Waals surface area (Å²) in [4.78, 5) is 17.0. The van der Waals surface area contributed by atoms with E-state index in [0.717, 1.165) is 38.8 Å². The topological polar surface area (TPSA) is 59.2 Å². The van der Waals surface area contributed by atoms with Crippen LogP contribution in [0.5, 0.6) is 0 Å². The first kappa shape index (κ1) is 11.1. The van der Waals surface area contributed by atoms with Gasteiger partial charge in [-0.15, -0.1) is 0 Å². The highest BCUT2D eigenvalue weighted by atomic mass is 16.1. The zero-order valence-electron chi connectivity index (χ0n) is 9.30. The van der Waals surface area contributed by atoms with E-state index >= 15 is 0 Å². The maximum Gasteiger partial charge on any atom is 0.123 e. The van der Waals surface area contributed by atoms with Gasteiger partial charge in [0, 0.05) is 18.7 Å². The molecule has 1 aromatic heterocycles. The number of anilines is 1. The van der Waals surface area contributed by atoms with E-state index in [0.29, 0.717) is 5.82 Å². The lowest BCUT2D eigenvalue weighted by molar-refractivity contribution is -0.112. The van der Waals surface area contributed by atoms with Gasteiger partial charge >= 0.3 is 0 Å². The average molecular weight is 219 g/mol. The molecular weight excluding hydrogens is 202 g/mol. The third-order valence-electron chi connectivity index (χ3n) is 3.08. The number of likely N-dealkylation sites (tertiary alicyclic amines) is 1. The van der Waals surface area contributed by atoms with Gasteiger partial charge in [0.05, 0.1) is 0 Å². The highest BCUT2D eigenvalue weighted by Gasteiger charge is 2.18. The number of carbonyl (C=O) groups excluding carboxylic acids is 1. The van der Waals surface area contributed by atoms with E-state index in [4.69, 9.17) is 5.73 Å². The van der Waals surface area contributed by atoms with Gasteiger partial charge < -0.3 is 10.5 Å². The van der Waals surface area contributed by atoms with Crippen molar-refractivity contribution in [1.82, 2.24) is 9.88 Å². The van der Waals surface area contributed by atoms with Crippen molar-refractivity contribution in [1.29, 1.82) is 0 Å². The standard InChI is InChI=1S/C12H17N3O/c13-12-7-11(1-4-14-12)8-15-5-2-10(9-16)3-6-15/h1,4,7,9-10H,2-3,5-6,8H2,(H2,13,14). The second-order valence-corrected chi connectivity index (χ2v) is 4.34. The minimum Gasteiger partial charge on any atom is -0.384 e. The second kappa shape index (κ2) is 5.07. The van der Waals surface area contributed by atoms with Crippen molar-refractivity contribution in [2.24, 2.45) is 5.92 Å². The van der Waals surface area contributed by atoms with Crippen LogP contribution in [0.2, 0.25) is 0 Å². The molecule has 2 heterocycles. The molecule has 4 nitrogen and oxygen atoms in total. The molecular formula is C12H17N3O. The number of nitrogen functional groups attached to an aromatic ring is 1. The molecule has 1 aliphatic rings. The van der Waals surface area contributed by atoms with E-state index in [1.54, 1.807) is 6.20 Å². The maximum atomic E-state index is 10.6. The Morgan fingerprint density at radius 2 is 2.25 bits per heavy atom. The first-order valence-corrected chi connectivity index (χ1v) is 5.66. The summed E-state index contributed by atoms with van der Waals surface area (Å²) >= 11 is 0. The Kier molecular flexibility index (Phi) is 3.51. The van der Waals surface area contributed by atoms with Gasteiger partial charge in [0.25, 0.3) is 0 Å². The van der Waals surface area contributed by atoms with Crippen LogP contribution in [-0.2, 0) is 11.3 Å². The Bertz CT molecular complexity index is 359. The number of pyridine rings is 1. The predicted octanol–water partition coefficient (Wildman–Crippen LogP) is 1.07. The van der Waals surface area contributed by atoms with Gasteiger partial charge in [-0.1, -0.05) is 0 Å². The van der Waals surface area contributed by atoms with Gasteiger partial charge in [0.15, 0.2) is 0 Å². The maximum absolute atomic E-state index is 10.6. The molecule has 1 saturated heterocycles. The van der Waals surface area contributed by atoms with Crippen molar-refractivity contribution in [2.45, 2.75) is 19.4 Å². The fraction of sp³-hybridized carbons (Fsp3) is 0.500. The molecule has 0 radical (unpaired) electrons. The highest BCUT2D eigenvalue weighted by Crippen LogP contribution is 2.17. The van der Waals surface area contributed by atoms with E-state index in [1.807, 2.05) is 12.1 Å². The van der Waals surface area contributed by atoms with Gasteiger partial charge in [0.2, 0.25) is 0 Å². The Balaban J connectivity index is 1.89. The number of piperidine rings is 1. The van der Waals surface area contributed by atoms with Crippen LogP contribution in [0.25, 0.3) is 0 Å². The Morgan fingerprint density at radius 3 is 2.88 bits per heavy atom. The summed E-state index contributed by atoms with van der Waals surface area (Å²) in [6, 6.07) is 3.90. The molecule has 0 atom stereocenters. The first-order chi connectivity index (χ1) is 7.78. The summed E-state index contributed by atoms with van der Waals surface area (Å²) in [5.41, 5.74) is 6.82. The van der Waals surface area contributed by atoms with Crippen LogP contribution in [0, 0.1) is 5.92 Å². The number of nitrogens with two attached hydrogens (primary N) is 1. The molecule has 1 fully saturated rings. The minimum atomic E-state index is 0.263. The minimum absolute atomic E-state index is 0.263. The van der Waals surface area contributed by atoms with Crippen molar-refractivity contribution in [3.05, 3.63) is 23.9 Å². The molecule has 0 bridgehead atoms. The largest absolute Gasteiger partial charge is 0.384 e. The number of hydrogen-bond donors (Lipinski definition) is 1. The summed E-state index contributed by atoms with van der Waals surface area (Å²) in [6.07, 6.45) is 4.78. The molecule has 4 heteroatoms. The fourth-order valence-corrected chi connectivity index (χ4v) is 2.10. The lowest BCUT2D eigenvalue weighted by Gasteiger charge is -2.29. The van der Waals surface area contributed by atoms with Gasteiger partial charge in [-0.05, 0) is 43.6 Å². The van der Waals surface area contributed by atoms with Crippen molar-refractivity contribution < 1.29 is 4.79 Å². The lowest BCUT2D eigenvalue weighted by Crippen LogP contribution is -2.33. The first-order valence-electron chi connectivity index (χ1n) is 5.66. The zero-order valence-corrected chi connectivity index (χ0v) is 9.30. The van der Waals surface area contributed by atoms with Gasteiger partial charge in [-0.3, -0.25) is 4.90 Å². The van der Waals surface area contributed by atoms with Crippen molar-refractivity contribution in [3.8, 4) is 0 Å². The fourth-order valence-electron chi connectivity index (χ4n) is 2.10. The monoisotopic (exact) mass is 219 g/mol. The van der Waals surface area contributed by atoms with E-state index in [2.05, 4.69) is 9.88 Å². The van der Waals surface area contributed by atoms with E-state index in [-0.39, 0.29) is 5.92 Å². The van der Waals surface area contributed by atoms with Crippen molar-refractivity contribution >= 4 is 12.1 Å². The van der Waals surface area contributed by atoms with Gasteiger partial charge in [0.1, 0.15) is 12.1 Å². The summed E-state index contributed by atoms with van der Waals surface area (Å²) in [7, 11) is 0. The summed E-state index contributed by atoms with van der Waals surface area (Å²) < 4.78 is 0. The van der Waals surface area contributed by atoms with Crippen LogP contribution in [0.15, 0.2) is 18.3 Å². The van der Waals surface area contributed by atoms with Gasteiger partial charge in [-0.25, -0.2) is 4.98 Å². The van der Waals surface area contributed by atoms with Crippen molar-refractivity contribution in [2.75, 3.05) is 18.8 Å². The Labute approximate surface area is 95.5 Å². The third kappa shape index (κ3) is 2.79. The van der Waals surface area contributed by atoms with Crippen LogP contribution in [-0.4, -0.2) is 29.3 Å². The molecule has 2 rings (SSSR count). The second-order valence-electron chi connectivity index (χ2n) is 4.34. The van der Waals surface area contributed by atoms with Crippen LogP contribution >= 0.6 is 0 Å². The normalized spacial score (nSPS) is 18.5. The van der Waals surface area contributed by atoms with E-state index in [1.165, 1.54) is 5.56 Å². The van der Waals surface area contributed by atoms with Gasteiger partial charge in [-0.2, -0.15) is 0 Å². The molecule has 2 N–H and O–H groups in total. The smallest absolute Gasteiger partial charge is 0.123 e. The molecule has 1 aromatic rings. The SMILES string of the molecule is Nc1cc(CN2CCC(C=O)CC2)ccn1. The quantitative estimate of drug-likeness (QED) is 0.773. The lowest BCUT2D eigenvalue weighted by atomic mass is 9.98. The molecule has 0 unspecified atom stereocenters. The zero-order chi connectivity index (χ0) is 11.4. The van der Waals surface area contributed by atoms with E-state index in [9.17, 15) is 4.79 Å². The third-order valence-corrected chi connectivity index (χ3v) is 3.08. The Hall–Kier alpha value is -1.42. The molecule has 0 aromatic carbocycles. The van der Waals surface area contributed by atoms with Crippen LogP contribution in [0.4, 0.5) is 5.82 Å². The molecule has 0 amide bonds. The predicted molar refractivity (Wildman–Crippen MR) is 62.7 cm³/mol. The molecule has 1 aliphatic heterocycles. The summed E-state index contributed by atoms with van der Waals surface area (Å²) in [5.74, 6) is 0.832. The molecule has 0 spiro atoms. The van der Waals surface area contributed by atoms with Crippen LogP contribution < -0.4 is 5.73 Å². The number of aldehydes is 1. The number of carbonyl (C=O) groups is 1. The van der Waals surface area contributed by atoms with E-state index < -0.39 is 0 Å². The number of hydrogen-bond acceptors (Lipinski definition) is 4. The Morgan fingerprint density at radius 1 is 1.50 bits per heavy atom. The van der Waals surface area contributed by atoms with Crippen molar-refractivity contribution in [3.63, 3.8) is 0 Å². The molecule has 0 saturated carbocycles. The number of rotatable bonds is 3. The summed E-state index contributed by atoms with van der Waals surface area (Å²) in [5, 5.41) is 0. The highest BCUT2D eigenvalue weighted by molar-refractivity contribution is 5.53. The summed E-state index contributed by atoms with van der Waals surface area (Å²) in [6.45, 7) is 2.88.